The van der Waals surface area contributed by atoms with Crippen LogP contribution in [0.5, 0.6) is 0 Å². The van der Waals surface area contributed by atoms with E-state index in [1.807, 2.05) is 24.3 Å². The van der Waals surface area contributed by atoms with E-state index < -0.39 is 5.97 Å². The quantitative estimate of drug-likeness (QED) is 0.868. The molecule has 2 aromatic carbocycles. The fraction of sp³-hybridized carbons (Fsp3) is 0.476. The molecule has 2 atom stereocenters. The molecule has 140 valence electrons. The lowest BCUT2D eigenvalue weighted by Gasteiger charge is -2.42. The van der Waals surface area contributed by atoms with Crippen molar-refractivity contribution in [3.05, 3.63) is 47.5 Å². The molecule has 26 heavy (non-hydrogen) atoms. The van der Waals surface area contributed by atoms with Crippen molar-refractivity contribution < 1.29 is 14.6 Å². The van der Waals surface area contributed by atoms with Gasteiger partial charge in [-0.25, -0.2) is 4.79 Å². The highest BCUT2D eigenvalue weighted by Crippen LogP contribution is 2.39. The molecule has 5 heteroatoms. The third kappa shape index (κ3) is 3.59. The average Bonchev–Trinajstić information content (AvgIpc) is 2.67. The van der Waals surface area contributed by atoms with Crippen LogP contribution in [0.3, 0.4) is 0 Å². The monoisotopic (exact) mass is 375 g/mol. The highest BCUT2D eigenvalue weighted by atomic mass is 35.5. The van der Waals surface area contributed by atoms with Crippen molar-refractivity contribution >= 4 is 29.1 Å². The molecule has 1 aliphatic carbocycles. The number of hydrogen-bond donors (Lipinski definition) is 1. The Morgan fingerprint density at radius 3 is 2.54 bits per heavy atom. The molecule has 1 heterocycles. The van der Waals surface area contributed by atoms with E-state index in [0.717, 1.165) is 55.5 Å². The van der Waals surface area contributed by atoms with Crippen LogP contribution in [0.25, 0.3) is 10.8 Å². The van der Waals surface area contributed by atoms with Crippen molar-refractivity contribution in [2.24, 2.45) is 0 Å². The number of nitrogens with zero attached hydrogens (tertiary/aromatic N) is 1. The molecule has 1 N–H and O–H groups in total. The maximum Gasteiger partial charge on any atom is 0.336 e. The van der Waals surface area contributed by atoms with Gasteiger partial charge < -0.3 is 9.84 Å². The van der Waals surface area contributed by atoms with Crippen molar-refractivity contribution in [1.82, 2.24) is 4.90 Å². The Bertz CT molecular complexity index is 773. The van der Waals surface area contributed by atoms with E-state index in [4.69, 9.17) is 4.74 Å². The summed E-state index contributed by atoms with van der Waals surface area (Å²) in [5.74, 6) is -0.513. The van der Waals surface area contributed by atoms with E-state index >= 15 is 0 Å². The van der Waals surface area contributed by atoms with Gasteiger partial charge in [0, 0.05) is 25.0 Å². The van der Waals surface area contributed by atoms with Crippen molar-refractivity contribution in [2.45, 2.75) is 37.6 Å². The third-order valence-corrected chi connectivity index (χ3v) is 5.82. The van der Waals surface area contributed by atoms with Crippen molar-refractivity contribution in [3.63, 3.8) is 0 Å². The summed E-state index contributed by atoms with van der Waals surface area (Å²) in [5, 5.41) is 11.8. The third-order valence-electron chi connectivity index (χ3n) is 5.82. The number of aromatic carboxylic acids is 1. The number of carboxylic acid groups (broad SMARTS) is 1. The largest absolute Gasteiger partial charge is 0.478 e. The van der Waals surface area contributed by atoms with Gasteiger partial charge in [0.1, 0.15) is 0 Å². The molecule has 1 saturated heterocycles. The minimum atomic E-state index is -0.807. The second kappa shape index (κ2) is 8.38. The van der Waals surface area contributed by atoms with Gasteiger partial charge in [0.15, 0.2) is 0 Å². The van der Waals surface area contributed by atoms with Crippen LogP contribution in [0.2, 0.25) is 0 Å². The Hall–Kier alpha value is -1.62. The molecule has 0 spiro atoms. The van der Waals surface area contributed by atoms with Gasteiger partial charge in [0.25, 0.3) is 0 Å². The molecule has 4 rings (SSSR count). The predicted molar refractivity (Wildman–Crippen MR) is 106 cm³/mol. The highest BCUT2D eigenvalue weighted by Gasteiger charge is 2.34. The van der Waals surface area contributed by atoms with Crippen LogP contribution in [0, 0.1) is 0 Å². The van der Waals surface area contributed by atoms with Gasteiger partial charge in [0.05, 0.1) is 18.8 Å². The molecule has 2 fully saturated rings. The minimum absolute atomic E-state index is 0. The predicted octanol–water partition coefficient (Wildman–Crippen LogP) is 4.32. The van der Waals surface area contributed by atoms with Crippen molar-refractivity contribution in [3.8, 4) is 0 Å². The Labute approximate surface area is 160 Å². The van der Waals surface area contributed by atoms with Gasteiger partial charge in [-0.05, 0) is 29.2 Å². The van der Waals surface area contributed by atoms with Gasteiger partial charge >= 0.3 is 5.97 Å². The molecule has 0 radical (unpaired) electrons. The maximum atomic E-state index is 12.1. The van der Waals surface area contributed by atoms with Gasteiger partial charge in [-0.3, -0.25) is 4.90 Å². The lowest BCUT2D eigenvalue weighted by molar-refractivity contribution is 0.00275. The number of benzene rings is 2. The topological polar surface area (TPSA) is 49.8 Å². The van der Waals surface area contributed by atoms with Crippen LogP contribution >= 0.6 is 12.4 Å². The fourth-order valence-electron chi connectivity index (χ4n) is 4.66. The number of carboxylic acids is 1. The van der Waals surface area contributed by atoms with Crippen LogP contribution in [-0.4, -0.2) is 48.3 Å². The molecule has 1 saturated carbocycles. The maximum absolute atomic E-state index is 12.1. The molecule has 4 nitrogen and oxygen atoms in total. The summed E-state index contributed by atoms with van der Waals surface area (Å²) in [4.78, 5) is 14.6. The first-order valence-electron chi connectivity index (χ1n) is 9.32. The molecule has 0 amide bonds. The Morgan fingerprint density at radius 2 is 1.77 bits per heavy atom. The zero-order valence-electron chi connectivity index (χ0n) is 14.9. The van der Waals surface area contributed by atoms with E-state index in [2.05, 4.69) is 17.0 Å². The fourth-order valence-corrected chi connectivity index (χ4v) is 4.66. The number of ether oxygens (including phenoxy) is 1. The number of carbonyl (C=O) groups is 1. The molecule has 0 aromatic heterocycles. The number of hydrogen-bond acceptors (Lipinski definition) is 3. The van der Waals surface area contributed by atoms with Gasteiger partial charge in [-0.15, -0.1) is 12.4 Å². The van der Waals surface area contributed by atoms with E-state index in [1.165, 1.54) is 12.8 Å². The first-order chi connectivity index (χ1) is 12.3. The highest BCUT2D eigenvalue weighted by molar-refractivity contribution is 6.05. The van der Waals surface area contributed by atoms with Crippen LogP contribution in [-0.2, 0) is 4.74 Å². The smallest absolute Gasteiger partial charge is 0.336 e. The molecule has 0 unspecified atom stereocenters. The summed E-state index contributed by atoms with van der Waals surface area (Å²) in [7, 11) is 0. The SMILES string of the molecule is Cl.O=C(O)c1c([C@@H]2CCCC[C@H]2N2CCOCC2)ccc2ccccc12. The Balaban J connectivity index is 0.00000196. The van der Waals surface area contributed by atoms with E-state index in [-0.39, 0.29) is 12.4 Å². The van der Waals surface area contributed by atoms with Gasteiger partial charge in [-0.2, -0.15) is 0 Å². The molecular formula is C21H26ClNO3. The van der Waals surface area contributed by atoms with Crippen LogP contribution in [0.15, 0.2) is 36.4 Å². The summed E-state index contributed by atoms with van der Waals surface area (Å²) in [5.41, 5.74) is 1.52. The van der Waals surface area contributed by atoms with E-state index in [9.17, 15) is 9.90 Å². The molecule has 2 aromatic rings. The number of morpholine rings is 1. The van der Waals surface area contributed by atoms with E-state index in [1.54, 1.807) is 0 Å². The van der Waals surface area contributed by atoms with Crippen LogP contribution in [0.4, 0.5) is 0 Å². The number of rotatable bonds is 3. The van der Waals surface area contributed by atoms with Crippen LogP contribution < -0.4 is 0 Å². The summed E-state index contributed by atoms with van der Waals surface area (Å²) < 4.78 is 5.52. The first kappa shape index (κ1) is 19.2. The molecule has 1 aliphatic heterocycles. The summed E-state index contributed by atoms with van der Waals surface area (Å²) >= 11 is 0. The van der Waals surface area contributed by atoms with Crippen molar-refractivity contribution in [2.75, 3.05) is 26.3 Å². The zero-order valence-corrected chi connectivity index (χ0v) is 15.7. The molecule has 2 aliphatic rings. The zero-order chi connectivity index (χ0) is 17.2. The standard InChI is InChI=1S/C21H25NO3.ClH/c23-21(24)20-16-6-2-1-5-15(16)9-10-18(20)17-7-3-4-8-19(17)22-11-13-25-14-12-22;/h1-2,5-6,9-10,17,19H,3-4,7-8,11-14H2,(H,23,24);1H/t17-,19+;/m0./s1. The van der Waals surface area contributed by atoms with Gasteiger partial charge in [-0.1, -0.05) is 49.2 Å². The Morgan fingerprint density at radius 1 is 1.04 bits per heavy atom. The number of fused-ring (bicyclic) bond motifs is 1. The second-order valence-corrected chi connectivity index (χ2v) is 7.16. The number of halogens is 1. The average molecular weight is 376 g/mol. The summed E-state index contributed by atoms with van der Waals surface area (Å²) in [6.45, 7) is 3.48. The second-order valence-electron chi connectivity index (χ2n) is 7.16. The normalized spacial score (nSPS) is 24.2. The van der Waals surface area contributed by atoms with E-state index in [0.29, 0.717) is 17.5 Å². The summed E-state index contributed by atoms with van der Waals surface area (Å²) in [6, 6.07) is 12.4. The molecule has 0 bridgehead atoms. The van der Waals surface area contributed by atoms with Crippen molar-refractivity contribution in [1.29, 1.82) is 0 Å². The Kier molecular flexibility index (Phi) is 6.17. The van der Waals surface area contributed by atoms with Crippen LogP contribution in [0.1, 0.15) is 47.5 Å². The van der Waals surface area contributed by atoms with Gasteiger partial charge in [0.2, 0.25) is 0 Å². The molecular weight excluding hydrogens is 350 g/mol. The summed E-state index contributed by atoms with van der Waals surface area (Å²) in [6.07, 6.45) is 4.63. The first-order valence-corrected chi connectivity index (χ1v) is 9.32. The lowest BCUT2D eigenvalue weighted by atomic mass is 9.76. The lowest BCUT2D eigenvalue weighted by Crippen LogP contribution is -2.47. The minimum Gasteiger partial charge on any atom is -0.478 e.